The lowest BCUT2D eigenvalue weighted by Crippen LogP contribution is -2.51. The number of carbonyl (C=O) groups is 1. The number of piperidine rings is 1. The van der Waals surface area contributed by atoms with E-state index < -0.39 is 0 Å². The lowest BCUT2D eigenvalue weighted by atomic mass is 10.00. The molecule has 1 fully saturated rings. The molecule has 1 heterocycles. The molecule has 0 spiro atoms. The summed E-state index contributed by atoms with van der Waals surface area (Å²) in [7, 11) is 0. The van der Waals surface area contributed by atoms with E-state index in [1.165, 1.54) is 12.1 Å². The largest absolute Gasteiger partial charge is 0.394 e. The van der Waals surface area contributed by atoms with E-state index in [1.807, 2.05) is 0 Å². The van der Waals surface area contributed by atoms with Crippen molar-refractivity contribution in [1.82, 2.24) is 10.2 Å². The number of nitrogens with zero attached hydrogens (tertiary/aromatic N) is 1. The number of rotatable bonds is 5. The Hall–Kier alpha value is -1.46. The average Bonchev–Trinajstić information content (AvgIpc) is 2.50. The molecule has 1 aromatic rings. The maximum absolute atomic E-state index is 13.0. The van der Waals surface area contributed by atoms with Gasteiger partial charge in [0.15, 0.2) is 0 Å². The predicted molar refractivity (Wildman–Crippen MR) is 79.1 cm³/mol. The van der Waals surface area contributed by atoms with Crippen LogP contribution < -0.4 is 5.32 Å². The van der Waals surface area contributed by atoms with E-state index in [2.05, 4.69) is 10.2 Å². The van der Waals surface area contributed by atoms with Crippen LogP contribution in [0.1, 0.15) is 31.7 Å². The number of amides is 1. The van der Waals surface area contributed by atoms with Gasteiger partial charge < -0.3 is 10.4 Å². The van der Waals surface area contributed by atoms with Gasteiger partial charge in [0.05, 0.1) is 12.6 Å². The average molecular weight is 294 g/mol. The number of likely N-dealkylation sites (tertiary alicyclic amines) is 1. The first-order valence-corrected chi connectivity index (χ1v) is 7.50. The second kappa shape index (κ2) is 7.52. The third kappa shape index (κ3) is 4.51. The number of hydrogen-bond acceptors (Lipinski definition) is 3. The zero-order chi connectivity index (χ0) is 15.2. The monoisotopic (exact) mass is 294 g/mol. The van der Waals surface area contributed by atoms with Crippen LogP contribution in [-0.4, -0.2) is 41.1 Å². The summed E-state index contributed by atoms with van der Waals surface area (Å²) in [5.74, 6) is -0.276. The molecule has 2 unspecified atom stereocenters. The van der Waals surface area contributed by atoms with E-state index >= 15 is 0 Å². The number of carbonyl (C=O) groups excluding carboxylic acids is 1. The van der Waals surface area contributed by atoms with Gasteiger partial charge in [0.1, 0.15) is 5.82 Å². The molecule has 21 heavy (non-hydrogen) atoms. The molecule has 1 saturated heterocycles. The fourth-order valence-electron chi connectivity index (χ4n) is 2.69. The molecule has 2 atom stereocenters. The van der Waals surface area contributed by atoms with Crippen LogP contribution in [0.2, 0.25) is 0 Å². The third-order valence-electron chi connectivity index (χ3n) is 3.88. The van der Waals surface area contributed by atoms with Gasteiger partial charge in [0.2, 0.25) is 5.91 Å². The Morgan fingerprint density at radius 2 is 2.14 bits per heavy atom. The zero-order valence-electron chi connectivity index (χ0n) is 12.4. The molecule has 0 saturated carbocycles. The summed E-state index contributed by atoms with van der Waals surface area (Å²) in [4.78, 5) is 14.4. The molecule has 0 radical (unpaired) electrons. The number of nitrogens with one attached hydrogen (secondary N) is 1. The number of halogens is 1. The first-order valence-electron chi connectivity index (χ1n) is 7.50. The Morgan fingerprint density at radius 1 is 1.43 bits per heavy atom. The molecule has 4 nitrogen and oxygen atoms in total. The van der Waals surface area contributed by atoms with Gasteiger partial charge in [-0.25, -0.2) is 4.39 Å². The summed E-state index contributed by atoms with van der Waals surface area (Å²) < 4.78 is 13.0. The standard InChI is InChI=1S/C16H23FN2O2/c1-12(11-20)18-16(21)15-4-2-3-9-19(15)10-13-5-7-14(17)8-6-13/h5-8,12,15,20H,2-4,9-11H2,1H3,(H,18,21). The quantitative estimate of drug-likeness (QED) is 0.868. The molecule has 1 aliphatic rings. The van der Waals surface area contributed by atoms with Gasteiger partial charge in [0, 0.05) is 12.6 Å². The number of aliphatic hydroxyl groups is 1. The van der Waals surface area contributed by atoms with Crippen LogP contribution in [-0.2, 0) is 11.3 Å². The summed E-state index contributed by atoms with van der Waals surface area (Å²) in [6.45, 7) is 3.23. The summed E-state index contributed by atoms with van der Waals surface area (Å²) in [6, 6.07) is 6.01. The maximum Gasteiger partial charge on any atom is 0.237 e. The second-order valence-electron chi connectivity index (χ2n) is 5.70. The Labute approximate surface area is 125 Å². The highest BCUT2D eigenvalue weighted by atomic mass is 19.1. The van der Waals surface area contributed by atoms with E-state index in [4.69, 9.17) is 5.11 Å². The normalized spacial score (nSPS) is 21.0. The van der Waals surface area contributed by atoms with Gasteiger partial charge in [0.25, 0.3) is 0 Å². The molecular weight excluding hydrogens is 271 g/mol. The van der Waals surface area contributed by atoms with Crippen molar-refractivity contribution in [3.63, 3.8) is 0 Å². The molecule has 0 aliphatic carbocycles. The van der Waals surface area contributed by atoms with Gasteiger partial charge >= 0.3 is 0 Å². The van der Waals surface area contributed by atoms with Gasteiger partial charge in [-0.05, 0) is 44.0 Å². The van der Waals surface area contributed by atoms with Gasteiger partial charge in [-0.2, -0.15) is 0 Å². The Kier molecular flexibility index (Phi) is 5.70. The Morgan fingerprint density at radius 3 is 2.81 bits per heavy atom. The highest BCUT2D eigenvalue weighted by molar-refractivity contribution is 5.82. The van der Waals surface area contributed by atoms with Gasteiger partial charge in [-0.1, -0.05) is 18.6 Å². The van der Waals surface area contributed by atoms with Crippen LogP contribution in [0.3, 0.4) is 0 Å². The van der Waals surface area contributed by atoms with Crippen molar-refractivity contribution in [1.29, 1.82) is 0 Å². The lowest BCUT2D eigenvalue weighted by molar-refractivity contribution is -0.128. The smallest absolute Gasteiger partial charge is 0.237 e. The highest BCUT2D eigenvalue weighted by Crippen LogP contribution is 2.20. The van der Waals surface area contributed by atoms with Crippen LogP contribution in [0, 0.1) is 5.82 Å². The Bertz CT molecular complexity index is 464. The Balaban J connectivity index is 2.01. The van der Waals surface area contributed by atoms with E-state index in [0.29, 0.717) is 6.54 Å². The van der Waals surface area contributed by atoms with Crippen molar-refractivity contribution >= 4 is 5.91 Å². The molecular formula is C16H23FN2O2. The summed E-state index contributed by atoms with van der Waals surface area (Å²) >= 11 is 0. The highest BCUT2D eigenvalue weighted by Gasteiger charge is 2.29. The van der Waals surface area contributed by atoms with Crippen molar-refractivity contribution in [3.05, 3.63) is 35.6 Å². The van der Waals surface area contributed by atoms with Crippen molar-refractivity contribution in [2.24, 2.45) is 0 Å². The fraction of sp³-hybridized carbons (Fsp3) is 0.562. The van der Waals surface area contributed by atoms with Gasteiger partial charge in [-0.15, -0.1) is 0 Å². The molecule has 5 heteroatoms. The first-order chi connectivity index (χ1) is 10.1. The molecule has 1 aliphatic heterocycles. The molecule has 2 rings (SSSR count). The van der Waals surface area contributed by atoms with Gasteiger partial charge in [-0.3, -0.25) is 9.69 Å². The molecule has 2 N–H and O–H groups in total. The SMILES string of the molecule is CC(CO)NC(=O)C1CCCCN1Cc1ccc(F)cc1. The number of hydrogen-bond donors (Lipinski definition) is 2. The van der Waals surface area contributed by atoms with Crippen molar-refractivity contribution in [2.45, 2.75) is 44.8 Å². The molecule has 0 aromatic heterocycles. The minimum Gasteiger partial charge on any atom is -0.394 e. The van der Waals surface area contributed by atoms with Crippen molar-refractivity contribution in [2.75, 3.05) is 13.2 Å². The van der Waals surface area contributed by atoms with E-state index in [0.717, 1.165) is 31.4 Å². The molecule has 1 aromatic carbocycles. The molecule has 1 amide bonds. The van der Waals surface area contributed by atoms with Crippen molar-refractivity contribution in [3.8, 4) is 0 Å². The third-order valence-corrected chi connectivity index (χ3v) is 3.88. The van der Waals surface area contributed by atoms with Crippen LogP contribution in [0.25, 0.3) is 0 Å². The van der Waals surface area contributed by atoms with Crippen molar-refractivity contribution < 1.29 is 14.3 Å². The fourth-order valence-corrected chi connectivity index (χ4v) is 2.69. The minimum absolute atomic E-state index is 0.0293. The number of aliphatic hydroxyl groups excluding tert-OH is 1. The van der Waals surface area contributed by atoms with Crippen LogP contribution in [0.4, 0.5) is 4.39 Å². The lowest BCUT2D eigenvalue weighted by Gasteiger charge is -2.35. The maximum atomic E-state index is 13.0. The topological polar surface area (TPSA) is 52.6 Å². The summed E-state index contributed by atoms with van der Waals surface area (Å²) in [5, 5.41) is 11.9. The second-order valence-corrected chi connectivity index (χ2v) is 5.70. The first kappa shape index (κ1) is 15.9. The van der Waals surface area contributed by atoms with Crippen LogP contribution in [0.15, 0.2) is 24.3 Å². The van der Waals surface area contributed by atoms with Crippen LogP contribution in [0.5, 0.6) is 0 Å². The number of benzene rings is 1. The molecule has 116 valence electrons. The predicted octanol–water partition coefficient (Wildman–Crippen LogP) is 1.68. The molecule has 0 bridgehead atoms. The van der Waals surface area contributed by atoms with E-state index in [-0.39, 0.29) is 30.4 Å². The summed E-state index contributed by atoms with van der Waals surface area (Å²) in [5.41, 5.74) is 1.01. The summed E-state index contributed by atoms with van der Waals surface area (Å²) in [6.07, 6.45) is 2.93. The van der Waals surface area contributed by atoms with E-state index in [9.17, 15) is 9.18 Å². The zero-order valence-corrected chi connectivity index (χ0v) is 12.4. The minimum atomic E-state index is -0.247. The van der Waals surface area contributed by atoms with E-state index in [1.54, 1.807) is 19.1 Å². The van der Waals surface area contributed by atoms with Crippen LogP contribution >= 0.6 is 0 Å².